The Morgan fingerprint density at radius 1 is 1.19 bits per heavy atom. The zero-order valence-electron chi connectivity index (χ0n) is 14.8. The van der Waals surface area contributed by atoms with Crippen LogP contribution in [0, 0.1) is 5.82 Å². The fraction of sp³-hybridized carbons (Fsp3) is 0.286. The number of hydrogen-bond donors (Lipinski definition) is 1. The van der Waals surface area contributed by atoms with Crippen LogP contribution in [0.3, 0.4) is 0 Å². The van der Waals surface area contributed by atoms with Gasteiger partial charge in [0.2, 0.25) is 5.91 Å². The molecule has 5 nitrogen and oxygen atoms in total. The first-order chi connectivity index (χ1) is 13.1. The van der Waals surface area contributed by atoms with Gasteiger partial charge in [0.25, 0.3) is 5.56 Å². The third kappa shape index (κ3) is 3.60. The largest absolute Gasteiger partial charge is 0.339 e. The Balaban J connectivity index is 1.54. The van der Waals surface area contributed by atoms with Crippen molar-refractivity contribution in [2.75, 3.05) is 6.54 Å². The summed E-state index contributed by atoms with van der Waals surface area (Å²) < 4.78 is 13.4. The van der Waals surface area contributed by atoms with Crippen LogP contribution in [0.5, 0.6) is 0 Å². The van der Waals surface area contributed by atoms with Gasteiger partial charge in [0.1, 0.15) is 5.82 Å². The number of H-pyrrole nitrogens is 1. The van der Waals surface area contributed by atoms with E-state index >= 15 is 0 Å². The van der Waals surface area contributed by atoms with Crippen molar-refractivity contribution >= 4 is 16.7 Å². The van der Waals surface area contributed by atoms with Crippen molar-refractivity contribution in [2.45, 2.75) is 31.7 Å². The van der Waals surface area contributed by atoms with E-state index in [0.29, 0.717) is 29.4 Å². The molecule has 0 unspecified atom stereocenters. The van der Waals surface area contributed by atoms with Crippen molar-refractivity contribution in [2.24, 2.45) is 0 Å². The topological polar surface area (TPSA) is 66.1 Å². The number of nitrogens with zero attached hydrogens (tertiary/aromatic N) is 2. The molecule has 3 aromatic rings. The number of carbonyl (C=O) groups excluding carboxylic acids is 1. The molecule has 0 aliphatic carbocycles. The van der Waals surface area contributed by atoms with Crippen molar-refractivity contribution in [3.8, 4) is 0 Å². The molecule has 2 heterocycles. The van der Waals surface area contributed by atoms with Crippen LogP contribution in [-0.2, 0) is 17.6 Å². The number of nitrogens with one attached hydrogen (secondary N) is 1. The predicted molar refractivity (Wildman–Crippen MR) is 101 cm³/mol. The highest BCUT2D eigenvalue weighted by Crippen LogP contribution is 2.23. The minimum atomic E-state index is -0.257. The molecule has 138 valence electrons. The molecule has 1 aliphatic rings. The van der Waals surface area contributed by atoms with E-state index in [1.165, 1.54) is 12.1 Å². The summed E-state index contributed by atoms with van der Waals surface area (Å²) in [6, 6.07) is 13.8. The molecule has 1 aromatic heterocycles. The van der Waals surface area contributed by atoms with Gasteiger partial charge in [0.15, 0.2) is 0 Å². The van der Waals surface area contributed by atoms with E-state index in [1.54, 1.807) is 18.2 Å². The van der Waals surface area contributed by atoms with Crippen molar-refractivity contribution < 1.29 is 9.18 Å². The van der Waals surface area contributed by atoms with Gasteiger partial charge in [-0.1, -0.05) is 30.3 Å². The second kappa shape index (κ2) is 7.31. The van der Waals surface area contributed by atoms with Crippen LogP contribution in [0.1, 0.15) is 24.1 Å². The lowest BCUT2D eigenvalue weighted by atomic mass is 10.0. The summed E-state index contributed by atoms with van der Waals surface area (Å²) in [5, 5.41) is 7.82. The highest BCUT2D eigenvalue weighted by atomic mass is 19.1. The van der Waals surface area contributed by atoms with Gasteiger partial charge in [-0.3, -0.25) is 9.59 Å². The number of amides is 1. The molecular formula is C21H20FN3O2. The van der Waals surface area contributed by atoms with Gasteiger partial charge in [0, 0.05) is 18.0 Å². The normalized spacial score (nSPS) is 16.8. The van der Waals surface area contributed by atoms with E-state index in [4.69, 9.17) is 0 Å². The van der Waals surface area contributed by atoms with Crippen LogP contribution >= 0.6 is 0 Å². The molecule has 0 saturated carbocycles. The van der Waals surface area contributed by atoms with E-state index < -0.39 is 0 Å². The third-order valence-electron chi connectivity index (χ3n) is 5.15. The van der Waals surface area contributed by atoms with Gasteiger partial charge in [-0.15, -0.1) is 0 Å². The van der Waals surface area contributed by atoms with Crippen LogP contribution < -0.4 is 5.56 Å². The zero-order chi connectivity index (χ0) is 18.8. The van der Waals surface area contributed by atoms with E-state index in [2.05, 4.69) is 10.2 Å². The van der Waals surface area contributed by atoms with Crippen LogP contribution in [-0.4, -0.2) is 33.6 Å². The summed E-state index contributed by atoms with van der Waals surface area (Å²) in [6.45, 7) is 0.695. The SMILES string of the molecule is O=C(Cc1n[nH]c(=O)c2ccccc12)N1CCC[C@@H]1Cc1cccc(F)c1. The summed E-state index contributed by atoms with van der Waals surface area (Å²) in [7, 11) is 0. The minimum absolute atomic E-state index is 0.0152. The van der Waals surface area contributed by atoms with Crippen LogP contribution in [0.25, 0.3) is 10.8 Å². The Bertz CT molecular complexity index is 1050. The standard InChI is InChI=1S/C21H20FN3O2/c22-15-6-3-5-14(11-15)12-16-7-4-10-25(16)20(26)13-19-17-8-1-2-9-18(17)21(27)24-23-19/h1-3,5-6,8-9,11,16H,4,7,10,12-13H2,(H,24,27)/t16-/m1/s1. The Morgan fingerprint density at radius 2 is 2.00 bits per heavy atom. The van der Waals surface area contributed by atoms with Gasteiger partial charge in [-0.2, -0.15) is 5.10 Å². The summed E-state index contributed by atoms with van der Waals surface area (Å²) in [5.41, 5.74) is 1.21. The lowest BCUT2D eigenvalue weighted by molar-refractivity contribution is -0.131. The van der Waals surface area contributed by atoms with E-state index in [1.807, 2.05) is 23.1 Å². The molecule has 1 saturated heterocycles. The molecule has 0 bridgehead atoms. The maximum atomic E-state index is 13.4. The average molecular weight is 365 g/mol. The predicted octanol–water partition coefficient (Wildman–Crippen LogP) is 2.84. The smallest absolute Gasteiger partial charge is 0.272 e. The van der Waals surface area contributed by atoms with Crippen molar-refractivity contribution in [1.29, 1.82) is 0 Å². The molecule has 1 amide bonds. The molecule has 0 spiro atoms. The fourth-order valence-corrected chi connectivity index (χ4v) is 3.86. The Morgan fingerprint density at radius 3 is 2.81 bits per heavy atom. The Hall–Kier alpha value is -3.02. The Kier molecular flexibility index (Phi) is 4.71. The van der Waals surface area contributed by atoms with Gasteiger partial charge in [-0.25, -0.2) is 9.49 Å². The van der Waals surface area contributed by atoms with E-state index in [0.717, 1.165) is 18.4 Å². The average Bonchev–Trinajstić information content (AvgIpc) is 3.12. The molecular weight excluding hydrogens is 345 g/mol. The monoisotopic (exact) mass is 365 g/mol. The van der Waals surface area contributed by atoms with Crippen LogP contribution in [0.4, 0.5) is 4.39 Å². The number of aromatic amines is 1. The fourth-order valence-electron chi connectivity index (χ4n) is 3.86. The number of fused-ring (bicyclic) bond motifs is 1. The molecule has 1 fully saturated rings. The second-order valence-electron chi connectivity index (χ2n) is 6.94. The molecule has 2 aromatic carbocycles. The van der Waals surface area contributed by atoms with Crippen molar-refractivity contribution in [3.05, 3.63) is 76.0 Å². The van der Waals surface area contributed by atoms with Gasteiger partial charge in [0.05, 0.1) is 17.5 Å². The summed E-state index contributed by atoms with van der Waals surface area (Å²) >= 11 is 0. The molecule has 4 rings (SSSR count). The number of likely N-dealkylation sites (tertiary alicyclic amines) is 1. The van der Waals surface area contributed by atoms with E-state index in [-0.39, 0.29) is 29.7 Å². The number of rotatable bonds is 4. The second-order valence-corrected chi connectivity index (χ2v) is 6.94. The van der Waals surface area contributed by atoms with Crippen LogP contribution in [0.2, 0.25) is 0 Å². The van der Waals surface area contributed by atoms with E-state index in [9.17, 15) is 14.0 Å². The first kappa shape index (κ1) is 17.4. The quantitative estimate of drug-likeness (QED) is 0.773. The Labute approximate surface area is 155 Å². The molecule has 1 N–H and O–H groups in total. The maximum Gasteiger partial charge on any atom is 0.272 e. The lowest BCUT2D eigenvalue weighted by Gasteiger charge is -2.25. The highest BCUT2D eigenvalue weighted by Gasteiger charge is 2.29. The third-order valence-corrected chi connectivity index (χ3v) is 5.15. The summed E-state index contributed by atoms with van der Waals surface area (Å²) in [5.74, 6) is -0.272. The lowest BCUT2D eigenvalue weighted by Crippen LogP contribution is -2.38. The number of carbonyl (C=O) groups is 1. The molecule has 1 atom stereocenters. The van der Waals surface area contributed by atoms with Crippen LogP contribution in [0.15, 0.2) is 53.3 Å². The first-order valence-corrected chi connectivity index (χ1v) is 9.12. The summed E-state index contributed by atoms with van der Waals surface area (Å²) in [4.78, 5) is 26.7. The number of halogens is 1. The van der Waals surface area contributed by atoms with Crippen molar-refractivity contribution in [3.63, 3.8) is 0 Å². The number of hydrogen-bond acceptors (Lipinski definition) is 3. The molecule has 6 heteroatoms. The molecule has 1 aliphatic heterocycles. The van der Waals surface area contributed by atoms with Gasteiger partial charge >= 0.3 is 0 Å². The maximum absolute atomic E-state index is 13.4. The number of aromatic nitrogens is 2. The highest BCUT2D eigenvalue weighted by molar-refractivity contribution is 5.88. The first-order valence-electron chi connectivity index (χ1n) is 9.12. The molecule has 27 heavy (non-hydrogen) atoms. The number of benzene rings is 2. The van der Waals surface area contributed by atoms with Gasteiger partial charge in [-0.05, 0) is 43.0 Å². The molecule has 0 radical (unpaired) electrons. The van der Waals surface area contributed by atoms with Crippen molar-refractivity contribution in [1.82, 2.24) is 15.1 Å². The van der Waals surface area contributed by atoms with Gasteiger partial charge < -0.3 is 4.90 Å². The minimum Gasteiger partial charge on any atom is -0.339 e. The zero-order valence-corrected chi connectivity index (χ0v) is 14.8. The summed E-state index contributed by atoms with van der Waals surface area (Å²) in [6.07, 6.45) is 2.62.